The fourth-order valence-corrected chi connectivity index (χ4v) is 3.33. The van der Waals surface area contributed by atoms with Crippen molar-refractivity contribution in [1.82, 2.24) is 0 Å². The first-order valence-corrected chi connectivity index (χ1v) is 8.20. The van der Waals surface area contributed by atoms with Crippen molar-refractivity contribution in [2.45, 2.75) is 12.5 Å². The first-order chi connectivity index (χ1) is 10.9. The Hall–Kier alpha value is -2.39. The van der Waals surface area contributed by atoms with E-state index in [1.807, 2.05) is 18.2 Å². The minimum atomic E-state index is -0.00861. The van der Waals surface area contributed by atoms with E-state index in [2.05, 4.69) is 53.9 Å². The Balaban J connectivity index is 1.80. The van der Waals surface area contributed by atoms with Crippen LogP contribution in [0.15, 0.2) is 77.1 Å². The molecule has 0 N–H and O–H groups in total. The zero-order valence-corrected chi connectivity index (χ0v) is 12.8. The van der Waals surface area contributed by atoms with Gasteiger partial charge < -0.3 is 4.74 Å². The molecule has 108 valence electrons. The number of para-hydroxylation sites is 1. The molecule has 2 nitrogen and oxygen atoms in total. The predicted octanol–water partition coefficient (Wildman–Crippen LogP) is 5.14. The van der Waals surface area contributed by atoms with E-state index in [0.29, 0.717) is 5.90 Å². The van der Waals surface area contributed by atoms with Gasteiger partial charge in [0.25, 0.3) is 0 Å². The van der Waals surface area contributed by atoms with Gasteiger partial charge in [0, 0.05) is 6.42 Å². The molecule has 0 spiro atoms. The highest BCUT2D eigenvalue weighted by atomic mass is 32.1. The van der Waals surface area contributed by atoms with Crippen LogP contribution in [0.1, 0.15) is 22.1 Å². The highest BCUT2D eigenvalue weighted by Gasteiger charge is 2.22. The summed E-state index contributed by atoms with van der Waals surface area (Å²) in [5.41, 5.74) is 3.41. The largest absolute Gasteiger partial charge is 0.468 e. The van der Waals surface area contributed by atoms with Gasteiger partial charge in [-0.1, -0.05) is 54.6 Å². The second-order valence-corrected chi connectivity index (χ2v) is 6.19. The quantitative estimate of drug-likeness (QED) is 0.642. The normalized spacial score (nSPS) is 17.1. The van der Waals surface area contributed by atoms with E-state index in [9.17, 15) is 0 Å². The smallest absolute Gasteiger partial charge is 0.232 e. The third-order valence-corrected chi connectivity index (χ3v) is 4.63. The van der Waals surface area contributed by atoms with Crippen molar-refractivity contribution >= 4 is 22.9 Å². The lowest BCUT2D eigenvalue weighted by atomic mass is 10.0. The molecule has 0 saturated heterocycles. The number of hydrogen-bond acceptors (Lipinski definition) is 3. The molecule has 0 bridgehead atoms. The van der Waals surface area contributed by atoms with Crippen LogP contribution in [-0.4, -0.2) is 5.90 Å². The van der Waals surface area contributed by atoms with Gasteiger partial charge in [-0.05, 0) is 28.6 Å². The number of thiophene rings is 1. The first kappa shape index (κ1) is 13.3. The van der Waals surface area contributed by atoms with E-state index in [1.54, 1.807) is 11.3 Å². The Bertz CT molecular complexity index is 793. The summed E-state index contributed by atoms with van der Waals surface area (Å²) in [6, 6.07) is 22.7. The van der Waals surface area contributed by atoms with Crippen LogP contribution < -0.4 is 0 Å². The lowest BCUT2D eigenvalue weighted by Crippen LogP contribution is -2.11. The Kier molecular flexibility index (Phi) is 3.49. The lowest BCUT2D eigenvalue weighted by molar-refractivity contribution is 0.196. The summed E-state index contributed by atoms with van der Waals surface area (Å²) >= 11 is 1.65. The monoisotopic (exact) mass is 305 g/mol. The van der Waals surface area contributed by atoms with Crippen LogP contribution in [-0.2, 0) is 11.2 Å². The molecule has 1 unspecified atom stereocenters. The van der Waals surface area contributed by atoms with Crippen molar-refractivity contribution in [3.05, 3.63) is 88.1 Å². The molecule has 0 amide bonds. The molecule has 0 aliphatic carbocycles. The van der Waals surface area contributed by atoms with Crippen LogP contribution in [0.25, 0.3) is 0 Å². The average Bonchev–Trinajstić information content (AvgIpc) is 3.03. The van der Waals surface area contributed by atoms with Crippen LogP contribution in [0.2, 0.25) is 0 Å². The topological polar surface area (TPSA) is 21.6 Å². The standard InChI is InChI=1S/C19H15NOS/c1-2-7-14(8-3-1)17-13-15-9-4-5-10-16(15)20-19(21-17)18-11-6-12-22-18/h1-12,17H,13H2. The van der Waals surface area contributed by atoms with Crippen LogP contribution in [0, 0.1) is 0 Å². The molecule has 0 radical (unpaired) electrons. The minimum Gasteiger partial charge on any atom is -0.468 e. The van der Waals surface area contributed by atoms with Gasteiger partial charge in [-0.15, -0.1) is 11.3 Å². The maximum Gasteiger partial charge on any atom is 0.232 e. The van der Waals surface area contributed by atoms with Gasteiger partial charge >= 0.3 is 0 Å². The lowest BCUT2D eigenvalue weighted by Gasteiger charge is -2.18. The van der Waals surface area contributed by atoms with E-state index < -0.39 is 0 Å². The maximum atomic E-state index is 6.28. The van der Waals surface area contributed by atoms with E-state index in [1.165, 1.54) is 11.1 Å². The zero-order valence-electron chi connectivity index (χ0n) is 12.0. The van der Waals surface area contributed by atoms with Crippen molar-refractivity contribution < 1.29 is 4.74 Å². The Morgan fingerprint density at radius 1 is 0.909 bits per heavy atom. The SMILES string of the molecule is c1ccc(C2Cc3ccccc3N=C(c3cccs3)O2)cc1. The van der Waals surface area contributed by atoms with Gasteiger partial charge in [0.05, 0.1) is 10.6 Å². The molecule has 2 aromatic carbocycles. The number of hydrogen-bond donors (Lipinski definition) is 0. The Morgan fingerprint density at radius 3 is 2.55 bits per heavy atom. The molecule has 3 heteroatoms. The fraction of sp³-hybridized carbons (Fsp3) is 0.105. The Morgan fingerprint density at radius 2 is 1.73 bits per heavy atom. The molecule has 2 heterocycles. The Labute approximate surface area is 133 Å². The minimum absolute atomic E-state index is 0.00861. The summed E-state index contributed by atoms with van der Waals surface area (Å²) in [7, 11) is 0. The van der Waals surface area contributed by atoms with Crippen LogP contribution in [0.4, 0.5) is 5.69 Å². The van der Waals surface area contributed by atoms with Crippen molar-refractivity contribution in [1.29, 1.82) is 0 Å². The highest BCUT2D eigenvalue weighted by Crippen LogP contribution is 2.33. The van der Waals surface area contributed by atoms with Crippen molar-refractivity contribution in [2.24, 2.45) is 4.99 Å². The summed E-state index contributed by atoms with van der Waals surface area (Å²) in [5.74, 6) is 0.716. The van der Waals surface area contributed by atoms with Gasteiger partial charge in [0.15, 0.2) is 0 Å². The van der Waals surface area contributed by atoms with Crippen LogP contribution in [0.3, 0.4) is 0 Å². The summed E-state index contributed by atoms with van der Waals surface area (Å²) in [6.07, 6.45) is 0.823. The first-order valence-electron chi connectivity index (χ1n) is 7.32. The van der Waals surface area contributed by atoms with Crippen LogP contribution >= 0.6 is 11.3 Å². The average molecular weight is 305 g/mol. The molecule has 3 aromatic rings. The molecule has 22 heavy (non-hydrogen) atoms. The van der Waals surface area contributed by atoms with E-state index >= 15 is 0 Å². The highest BCUT2D eigenvalue weighted by molar-refractivity contribution is 7.12. The summed E-state index contributed by atoms with van der Waals surface area (Å²) in [6.45, 7) is 0. The number of nitrogens with zero attached hydrogens (tertiary/aromatic N) is 1. The molecule has 0 saturated carbocycles. The maximum absolute atomic E-state index is 6.28. The molecule has 0 fully saturated rings. The molecule has 4 rings (SSSR count). The molecule has 1 atom stereocenters. The van der Waals surface area contributed by atoms with E-state index in [0.717, 1.165) is 17.0 Å². The molecule has 1 aliphatic rings. The number of fused-ring (bicyclic) bond motifs is 1. The zero-order chi connectivity index (χ0) is 14.8. The van der Waals surface area contributed by atoms with Gasteiger partial charge in [-0.3, -0.25) is 0 Å². The van der Waals surface area contributed by atoms with Crippen LogP contribution in [0.5, 0.6) is 0 Å². The molecule has 1 aliphatic heterocycles. The molecular weight excluding hydrogens is 290 g/mol. The predicted molar refractivity (Wildman–Crippen MR) is 90.9 cm³/mol. The van der Waals surface area contributed by atoms with Gasteiger partial charge in [0.1, 0.15) is 6.10 Å². The summed E-state index contributed by atoms with van der Waals surface area (Å²) in [4.78, 5) is 5.83. The van der Waals surface area contributed by atoms with Crippen molar-refractivity contribution in [3.63, 3.8) is 0 Å². The fourth-order valence-electron chi connectivity index (χ4n) is 2.67. The molecular formula is C19H15NOS. The third kappa shape index (κ3) is 2.55. The second kappa shape index (κ2) is 5.78. The summed E-state index contributed by atoms with van der Waals surface area (Å²) in [5, 5.41) is 2.05. The summed E-state index contributed by atoms with van der Waals surface area (Å²) < 4.78 is 6.28. The van der Waals surface area contributed by atoms with Gasteiger partial charge in [-0.2, -0.15) is 0 Å². The number of ether oxygens (including phenoxy) is 1. The van der Waals surface area contributed by atoms with Gasteiger partial charge in [0.2, 0.25) is 5.90 Å². The van der Waals surface area contributed by atoms with E-state index in [-0.39, 0.29) is 6.10 Å². The van der Waals surface area contributed by atoms with Gasteiger partial charge in [-0.25, -0.2) is 4.99 Å². The van der Waals surface area contributed by atoms with Crippen molar-refractivity contribution in [2.75, 3.05) is 0 Å². The third-order valence-electron chi connectivity index (χ3n) is 3.78. The number of benzene rings is 2. The molecule has 1 aromatic heterocycles. The van der Waals surface area contributed by atoms with Crippen molar-refractivity contribution in [3.8, 4) is 0 Å². The van der Waals surface area contributed by atoms with E-state index in [4.69, 9.17) is 9.73 Å². The second-order valence-electron chi connectivity index (χ2n) is 5.24. The number of rotatable bonds is 2. The number of aliphatic imine (C=N–C) groups is 1.